The van der Waals surface area contributed by atoms with Gasteiger partial charge in [-0.2, -0.15) is 0 Å². The molecule has 0 aliphatic heterocycles. The minimum absolute atomic E-state index is 0.152. The van der Waals surface area contributed by atoms with E-state index in [-0.39, 0.29) is 11.8 Å². The molecule has 15 rings (SSSR count). The quantitative estimate of drug-likeness (QED) is 0.146. The molecule has 0 heterocycles. The van der Waals surface area contributed by atoms with Crippen LogP contribution in [0.5, 0.6) is 0 Å². The summed E-state index contributed by atoms with van der Waals surface area (Å²) in [5.74, 6) is 0.316. The Balaban J connectivity index is 0.776. The largest absolute Gasteiger partial charge is 0.0622 e. The van der Waals surface area contributed by atoms with Crippen molar-refractivity contribution in [3.8, 4) is 77.9 Å². The van der Waals surface area contributed by atoms with Crippen molar-refractivity contribution in [3.05, 3.63) is 299 Å². The molecule has 2 atom stereocenters. The molecule has 3 aliphatic carbocycles. The SMILES string of the molecule is c1ccc(-c2ccc(C3c4ccccc4-c4ccc5cc6cc(C7c8ccccc8-c8cc(-c9ccc%10c(c9)-c9cc(-c%11cccc(-c%12ccccc%12)c%11)ccc9C%10)ccc87)ccc6cc5c43)cc2)cc1. The normalized spacial score (nSPS) is 14.7. The Morgan fingerprint density at radius 3 is 1.44 bits per heavy atom. The van der Waals surface area contributed by atoms with Gasteiger partial charge in [-0.25, -0.2) is 0 Å². The summed E-state index contributed by atoms with van der Waals surface area (Å²) >= 11 is 0. The van der Waals surface area contributed by atoms with Crippen LogP contribution in [-0.2, 0) is 6.42 Å². The van der Waals surface area contributed by atoms with E-state index >= 15 is 0 Å². The van der Waals surface area contributed by atoms with Gasteiger partial charge in [0.15, 0.2) is 0 Å². The standard InChI is InChI=1S/C71H46/c1-3-12-44(13-4-1)46-22-24-47(25-23-46)70-62-21-10-7-18-59(62)63-35-33-56-38-58-39-57(31-28-53(58)42-67(56)71(63)70)69-61-20-9-8-19-60(61)68-43-52(32-34-64(68)69)51-27-30-55-37-54-29-26-50(40-65(54)66(55)41-51)49-17-11-16-48(36-49)45-14-5-2-6-15-45/h1-36,38-43,69-70H,37H2. The highest BCUT2D eigenvalue weighted by Gasteiger charge is 2.33. The van der Waals surface area contributed by atoms with Crippen molar-refractivity contribution in [2.24, 2.45) is 0 Å². The van der Waals surface area contributed by atoms with Crippen LogP contribution in [0.25, 0.3) is 99.4 Å². The van der Waals surface area contributed by atoms with Crippen molar-refractivity contribution in [1.82, 2.24) is 0 Å². The van der Waals surface area contributed by atoms with E-state index in [2.05, 4.69) is 255 Å². The smallest absolute Gasteiger partial charge is 0.0358 e. The van der Waals surface area contributed by atoms with Gasteiger partial charge in [-0.3, -0.25) is 0 Å². The third kappa shape index (κ3) is 6.45. The number of hydrogen-bond acceptors (Lipinski definition) is 0. The van der Waals surface area contributed by atoms with E-state index in [0.29, 0.717) is 0 Å². The second-order valence-corrected chi connectivity index (χ2v) is 19.9. The molecule has 0 spiro atoms. The summed E-state index contributed by atoms with van der Waals surface area (Å²) in [5, 5.41) is 5.18. The highest BCUT2D eigenvalue weighted by atomic mass is 14.4. The minimum atomic E-state index is 0.152. The van der Waals surface area contributed by atoms with Gasteiger partial charge < -0.3 is 0 Å². The number of benzene rings is 12. The predicted molar refractivity (Wildman–Crippen MR) is 297 cm³/mol. The zero-order valence-corrected chi connectivity index (χ0v) is 39.1. The summed E-state index contributed by atoms with van der Waals surface area (Å²) in [7, 11) is 0. The lowest BCUT2D eigenvalue weighted by molar-refractivity contribution is 1.02. The van der Waals surface area contributed by atoms with Gasteiger partial charge in [0.25, 0.3) is 0 Å². The first-order valence-corrected chi connectivity index (χ1v) is 25.1. The van der Waals surface area contributed by atoms with E-state index in [4.69, 9.17) is 0 Å². The predicted octanol–water partition coefficient (Wildman–Crippen LogP) is 18.6. The van der Waals surface area contributed by atoms with Gasteiger partial charge in [-0.05, 0) is 187 Å². The van der Waals surface area contributed by atoms with E-state index in [1.165, 1.54) is 144 Å². The van der Waals surface area contributed by atoms with Crippen LogP contribution in [0.15, 0.2) is 255 Å². The number of hydrogen-bond donors (Lipinski definition) is 0. The van der Waals surface area contributed by atoms with Gasteiger partial charge in [0.2, 0.25) is 0 Å². The Hall–Kier alpha value is -8.84. The van der Waals surface area contributed by atoms with E-state index in [9.17, 15) is 0 Å². The molecular formula is C71H46. The average molecular weight is 899 g/mol. The highest BCUT2D eigenvalue weighted by molar-refractivity contribution is 6.05. The van der Waals surface area contributed by atoms with Gasteiger partial charge >= 0.3 is 0 Å². The maximum atomic E-state index is 2.46. The lowest BCUT2D eigenvalue weighted by atomic mass is 9.84. The van der Waals surface area contributed by atoms with Crippen molar-refractivity contribution >= 4 is 21.5 Å². The van der Waals surface area contributed by atoms with Crippen molar-refractivity contribution in [1.29, 1.82) is 0 Å². The summed E-state index contributed by atoms with van der Waals surface area (Å²) in [6.45, 7) is 0. The van der Waals surface area contributed by atoms with Crippen molar-refractivity contribution in [3.63, 3.8) is 0 Å². The molecule has 0 radical (unpaired) electrons. The topological polar surface area (TPSA) is 0 Å². The first-order valence-electron chi connectivity index (χ1n) is 25.1. The monoisotopic (exact) mass is 898 g/mol. The summed E-state index contributed by atoms with van der Waals surface area (Å²) in [6.07, 6.45) is 0.969. The molecule has 71 heavy (non-hydrogen) atoms. The van der Waals surface area contributed by atoms with Crippen LogP contribution in [0.4, 0.5) is 0 Å². The van der Waals surface area contributed by atoms with Crippen molar-refractivity contribution < 1.29 is 0 Å². The van der Waals surface area contributed by atoms with E-state index in [0.717, 1.165) is 6.42 Å². The Kier molecular flexibility index (Phi) is 8.95. The molecule has 330 valence electrons. The van der Waals surface area contributed by atoms with Gasteiger partial charge in [0.1, 0.15) is 0 Å². The van der Waals surface area contributed by atoms with Crippen LogP contribution in [0.1, 0.15) is 56.3 Å². The maximum absolute atomic E-state index is 2.46. The molecule has 0 nitrogen and oxygen atoms in total. The maximum Gasteiger partial charge on any atom is 0.0358 e. The molecule has 0 heteroatoms. The van der Waals surface area contributed by atoms with Crippen LogP contribution in [-0.4, -0.2) is 0 Å². The zero-order chi connectivity index (χ0) is 46.6. The minimum Gasteiger partial charge on any atom is -0.0622 e. The molecule has 3 aliphatic rings. The number of fused-ring (bicyclic) bond motifs is 12. The van der Waals surface area contributed by atoms with E-state index < -0.39 is 0 Å². The third-order valence-electron chi connectivity index (χ3n) is 16.0. The van der Waals surface area contributed by atoms with Gasteiger partial charge in [0.05, 0.1) is 0 Å². The Bertz CT molecular complexity index is 4120. The van der Waals surface area contributed by atoms with Crippen LogP contribution in [0, 0.1) is 0 Å². The van der Waals surface area contributed by atoms with Crippen LogP contribution in [0.2, 0.25) is 0 Å². The summed E-state index contributed by atoms with van der Waals surface area (Å²) in [6, 6.07) is 96.0. The fourth-order valence-electron chi connectivity index (χ4n) is 12.6. The molecule has 12 aromatic rings. The second kappa shape index (κ2) is 15.9. The Morgan fingerprint density at radius 2 is 0.732 bits per heavy atom. The van der Waals surface area contributed by atoms with E-state index in [1.54, 1.807) is 0 Å². The van der Waals surface area contributed by atoms with Crippen molar-refractivity contribution in [2.75, 3.05) is 0 Å². The lowest BCUT2D eigenvalue weighted by Gasteiger charge is -2.19. The fraction of sp³-hybridized carbons (Fsp3) is 0.0423. The zero-order valence-electron chi connectivity index (χ0n) is 39.1. The van der Waals surface area contributed by atoms with Crippen molar-refractivity contribution in [2.45, 2.75) is 18.3 Å². The highest BCUT2D eigenvalue weighted by Crippen LogP contribution is 2.53. The molecule has 0 aromatic heterocycles. The summed E-state index contributed by atoms with van der Waals surface area (Å²) in [5.41, 5.74) is 29.1. The summed E-state index contributed by atoms with van der Waals surface area (Å²) < 4.78 is 0. The fourth-order valence-corrected chi connectivity index (χ4v) is 12.6. The first kappa shape index (κ1) is 40.1. The molecule has 0 bridgehead atoms. The van der Waals surface area contributed by atoms with E-state index in [1.807, 2.05) is 0 Å². The molecule has 2 unspecified atom stereocenters. The molecule has 0 amide bonds. The first-order chi connectivity index (χ1) is 35.2. The number of rotatable bonds is 6. The molecule has 0 saturated heterocycles. The lowest BCUT2D eigenvalue weighted by Crippen LogP contribution is -2.01. The molecule has 0 saturated carbocycles. The molecule has 0 fully saturated rings. The van der Waals surface area contributed by atoms with Crippen LogP contribution >= 0.6 is 0 Å². The van der Waals surface area contributed by atoms with Crippen LogP contribution in [0.3, 0.4) is 0 Å². The second-order valence-electron chi connectivity index (χ2n) is 19.9. The Morgan fingerprint density at radius 1 is 0.239 bits per heavy atom. The summed E-state index contributed by atoms with van der Waals surface area (Å²) in [4.78, 5) is 0. The van der Waals surface area contributed by atoms with Gasteiger partial charge in [0, 0.05) is 11.8 Å². The average Bonchev–Trinajstić information content (AvgIpc) is 4.10. The molecule has 12 aromatic carbocycles. The molecule has 0 N–H and O–H groups in total. The van der Waals surface area contributed by atoms with Gasteiger partial charge in [-0.1, -0.05) is 218 Å². The van der Waals surface area contributed by atoms with Gasteiger partial charge in [-0.15, -0.1) is 0 Å². The molecular weight excluding hydrogens is 853 g/mol. The third-order valence-corrected chi connectivity index (χ3v) is 16.0. The Labute approximate surface area is 414 Å². The van der Waals surface area contributed by atoms with Crippen LogP contribution < -0.4 is 0 Å².